The first-order valence-electron chi connectivity index (χ1n) is 7.62. The van der Waals surface area contributed by atoms with E-state index in [0.717, 1.165) is 24.3 Å². The smallest absolute Gasteiger partial charge is 0.389 e. The standard InChI is InChI=1S/C16H21F3N2O2/c1-23-14-6-4-12(5-7-14)20-13-3-2-10-21(11-13)15(22)8-9-16(17,18)19/h4-7,13,20H,2-3,8-11H2,1H3/t13-/m1/s1. The maximum Gasteiger partial charge on any atom is 0.389 e. The van der Waals surface area contributed by atoms with Gasteiger partial charge in [-0.3, -0.25) is 4.79 Å². The third-order valence-electron chi connectivity index (χ3n) is 3.86. The number of carbonyl (C=O) groups excluding carboxylic acids is 1. The van der Waals surface area contributed by atoms with Crippen LogP contribution in [0.25, 0.3) is 0 Å². The molecule has 0 aromatic heterocycles. The molecule has 1 aliphatic heterocycles. The highest BCUT2D eigenvalue weighted by Gasteiger charge is 2.30. The molecule has 0 saturated carbocycles. The number of halogens is 3. The average Bonchev–Trinajstić information content (AvgIpc) is 2.53. The van der Waals surface area contributed by atoms with Crippen LogP contribution in [0.1, 0.15) is 25.7 Å². The van der Waals surface area contributed by atoms with Crippen LogP contribution in [0.5, 0.6) is 5.75 Å². The van der Waals surface area contributed by atoms with Crippen molar-refractivity contribution in [1.82, 2.24) is 4.90 Å². The Kier molecular flexibility index (Phi) is 5.74. The topological polar surface area (TPSA) is 41.6 Å². The van der Waals surface area contributed by atoms with E-state index in [4.69, 9.17) is 4.74 Å². The lowest BCUT2D eigenvalue weighted by Crippen LogP contribution is -2.45. The summed E-state index contributed by atoms with van der Waals surface area (Å²) in [6, 6.07) is 7.47. The van der Waals surface area contributed by atoms with Crippen LogP contribution in [-0.4, -0.2) is 43.2 Å². The lowest BCUT2D eigenvalue weighted by Gasteiger charge is -2.34. The SMILES string of the molecule is COc1ccc(N[C@@H]2CCCN(C(=O)CCC(F)(F)F)C2)cc1. The number of anilines is 1. The summed E-state index contributed by atoms with van der Waals surface area (Å²) >= 11 is 0. The molecule has 1 atom stereocenters. The van der Waals surface area contributed by atoms with Gasteiger partial charge < -0.3 is 15.0 Å². The molecule has 1 heterocycles. The molecule has 7 heteroatoms. The van der Waals surface area contributed by atoms with Gasteiger partial charge in [-0.05, 0) is 37.1 Å². The van der Waals surface area contributed by atoms with E-state index in [1.807, 2.05) is 24.3 Å². The largest absolute Gasteiger partial charge is 0.497 e. The molecule has 1 aromatic carbocycles. The van der Waals surface area contributed by atoms with Crippen LogP contribution in [0, 0.1) is 0 Å². The van der Waals surface area contributed by atoms with Crippen molar-refractivity contribution in [3.8, 4) is 5.75 Å². The molecule has 4 nitrogen and oxygen atoms in total. The van der Waals surface area contributed by atoms with Gasteiger partial charge in [0.15, 0.2) is 0 Å². The summed E-state index contributed by atoms with van der Waals surface area (Å²) in [6.45, 7) is 0.959. The van der Waals surface area contributed by atoms with Gasteiger partial charge in [-0.25, -0.2) is 0 Å². The second kappa shape index (κ2) is 7.57. The maximum absolute atomic E-state index is 12.2. The number of amides is 1. The first kappa shape index (κ1) is 17.4. The summed E-state index contributed by atoms with van der Waals surface area (Å²) < 4.78 is 41.7. The first-order valence-corrected chi connectivity index (χ1v) is 7.62. The molecular weight excluding hydrogens is 309 g/mol. The molecule has 0 unspecified atom stereocenters. The predicted molar refractivity (Wildman–Crippen MR) is 81.5 cm³/mol. The first-order chi connectivity index (χ1) is 10.9. The van der Waals surface area contributed by atoms with E-state index < -0.39 is 24.9 Å². The molecule has 23 heavy (non-hydrogen) atoms. The molecule has 0 bridgehead atoms. The monoisotopic (exact) mass is 330 g/mol. The fourth-order valence-electron chi connectivity index (χ4n) is 2.65. The van der Waals surface area contributed by atoms with E-state index >= 15 is 0 Å². The Morgan fingerprint density at radius 3 is 2.65 bits per heavy atom. The summed E-state index contributed by atoms with van der Waals surface area (Å²) in [5.74, 6) is 0.326. The molecule has 128 valence electrons. The number of benzene rings is 1. The van der Waals surface area contributed by atoms with Crippen LogP contribution in [0.3, 0.4) is 0 Å². The van der Waals surface area contributed by atoms with Gasteiger partial charge in [0, 0.05) is 31.2 Å². The van der Waals surface area contributed by atoms with Crippen LogP contribution in [-0.2, 0) is 4.79 Å². The Bertz CT molecular complexity index is 517. The minimum Gasteiger partial charge on any atom is -0.497 e. The molecule has 1 aromatic rings. The highest BCUT2D eigenvalue weighted by Crippen LogP contribution is 2.23. The molecule has 0 spiro atoms. The second-order valence-corrected chi connectivity index (χ2v) is 5.67. The van der Waals surface area contributed by atoms with Crippen molar-refractivity contribution >= 4 is 11.6 Å². The lowest BCUT2D eigenvalue weighted by atomic mass is 10.0. The number of carbonyl (C=O) groups is 1. The van der Waals surface area contributed by atoms with Crippen molar-refractivity contribution in [2.75, 3.05) is 25.5 Å². The van der Waals surface area contributed by atoms with E-state index in [2.05, 4.69) is 5.32 Å². The van der Waals surface area contributed by atoms with Gasteiger partial charge in [0.25, 0.3) is 0 Å². The van der Waals surface area contributed by atoms with Gasteiger partial charge in [0.1, 0.15) is 5.75 Å². The zero-order valence-corrected chi connectivity index (χ0v) is 13.0. The second-order valence-electron chi connectivity index (χ2n) is 5.67. The molecule has 1 fully saturated rings. The maximum atomic E-state index is 12.2. The number of methoxy groups -OCH3 is 1. The number of likely N-dealkylation sites (tertiary alicyclic amines) is 1. The molecule has 1 N–H and O–H groups in total. The van der Waals surface area contributed by atoms with Crippen LogP contribution in [0.2, 0.25) is 0 Å². The zero-order chi connectivity index (χ0) is 16.9. The number of nitrogens with one attached hydrogen (secondary N) is 1. The van der Waals surface area contributed by atoms with Crippen LogP contribution >= 0.6 is 0 Å². The molecule has 0 aliphatic carbocycles. The molecule has 2 rings (SSSR count). The average molecular weight is 330 g/mol. The van der Waals surface area contributed by atoms with Crippen molar-refractivity contribution in [2.24, 2.45) is 0 Å². The number of nitrogens with zero attached hydrogens (tertiary/aromatic N) is 1. The molecular formula is C16H21F3N2O2. The number of ether oxygens (including phenoxy) is 1. The number of piperidine rings is 1. The van der Waals surface area contributed by atoms with Crippen molar-refractivity contribution in [3.63, 3.8) is 0 Å². The van der Waals surface area contributed by atoms with E-state index in [9.17, 15) is 18.0 Å². The van der Waals surface area contributed by atoms with Gasteiger partial charge in [-0.1, -0.05) is 0 Å². The number of hydrogen-bond acceptors (Lipinski definition) is 3. The third kappa shape index (κ3) is 5.65. The summed E-state index contributed by atoms with van der Waals surface area (Å²) in [6.07, 6.45) is -4.15. The van der Waals surface area contributed by atoms with Gasteiger partial charge in [0.2, 0.25) is 5.91 Å². The number of rotatable bonds is 5. The number of hydrogen-bond donors (Lipinski definition) is 1. The van der Waals surface area contributed by atoms with E-state index in [1.165, 1.54) is 4.90 Å². The molecule has 1 aliphatic rings. The third-order valence-corrected chi connectivity index (χ3v) is 3.86. The molecule has 1 amide bonds. The Morgan fingerprint density at radius 2 is 2.04 bits per heavy atom. The van der Waals surface area contributed by atoms with E-state index in [-0.39, 0.29) is 6.04 Å². The predicted octanol–water partition coefficient (Wildman–Crippen LogP) is 3.44. The minimum absolute atomic E-state index is 0.0481. The Labute approximate surface area is 133 Å². The highest BCUT2D eigenvalue weighted by atomic mass is 19.4. The van der Waals surface area contributed by atoms with Gasteiger partial charge >= 0.3 is 6.18 Å². The van der Waals surface area contributed by atoms with E-state index in [1.54, 1.807) is 7.11 Å². The zero-order valence-electron chi connectivity index (χ0n) is 13.0. The summed E-state index contributed by atoms with van der Waals surface area (Å²) in [4.78, 5) is 13.4. The van der Waals surface area contributed by atoms with Crippen LogP contribution in [0.4, 0.5) is 18.9 Å². The van der Waals surface area contributed by atoms with Gasteiger partial charge in [-0.2, -0.15) is 13.2 Å². The van der Waals surface area contributed by atoms with Crippen molar-refractivity contribution in [1.29, 1.82) is 0 Å². The van der Waals surface area contributed by atoms with Crippen molar-refractivity contribution in [3.05, 3.63) is 24.3 Å². The molecule has 1 saturated heterocycles. The van der Waals surface area contributed by atoms with Crippen molar-refractivity contribution in [2.45, 2.75) is 37.9 Å². The van der Waals surface area contributed by atoms with Gasteiger partial charge in [-0.15, -0.1) is 0 Å². The summed E-state index contributed by atoms with van der Waals surface area (Å²) in [5.41, 5.74) is 0.903. The lowest BCUT2D eigenvalue weighted by molar-refractivity contribution is -0.149. The normalized spacial score (nSPS) is 18.6. The molecule has 0 radical (unpaired) electrons. The Morgan fingerprint density at radius 1 is 1.35 bits per heavy atom. The highest BCUT2D eigenvalue weighted by molar-refractivity contribution is 5.76. The number of alkyl halides is 3. The van der Waals surface area contributed by atoms with Gasteiger partial charge in [0.05, 0.1) is 13.5 Å². The van der Waals surface area contributed by atoms with E-state index in [0.29, 0.717) is 13.1 Å². The quantitative estimate of drug-likeness (QED) is 0.899. The summed E-state index contributed by atoms with van der Waals surface area (Å²) in [7, 11) is 1.59. The Hall–Kier alpha value is -1.92. The minimum atomic E-state index is -4.29. The van der Waals surface area contributed by atoms with Crippen molar-refractivity contribution < 1.29 is 22.7 Å². The summed E-state index contributed by atoms with van der Waals surface area (Å²) in [5, 5.41) is 3.32. The fraction of sp³-hybridized carbons (Fsp3) is 0.562. The Balaban J connectivity index is 1.86. The van der Waals surface area contributed by atoms with Crippen LogP contribution < -0.4 is 10.1 Å². The van der Waals surface area contributed by atoms with Crippen LogP contribution in [0.15, 0.2) is 24.3 Å². The fourth-order valence-corrected chi connectivity index (χ4v) is 2.65.